The summed E-state index contributed by atoms with van der Waals surface area (Å²) in [5.41, 5.74) is 6.47. The van der Waals surface area contributed by atoms with E-state index in [4.69, 9.17) is 10.3 Å². The second-order valence-corrected chi connectivity index (χ2v) is 4.54. The van der Waals surface area contributed by atoms with Crippen molar-refractivity contribution in [3.63, 3.8) is 0 Å². The van der Waals surface area contributed by atoms with Crippen LogP contribution in [0.4, 0.5) is 10.2 Å². The maximum Gasteiger partial charge on any atom is 0.157 e. The van der Waals surface area contributed by atoms with Crippen LogP contribution in [-0.2, 0) is 16.8 Å². The Bertz CT molecular complexity index is 589. The SMILES string of the molecule is Nc1cnc(-c2ccc(CS(=O)O)cc2F)cn1. The number of nitrogens with two attached hydrogens (primary N) is 1. The van der Waals surface area contributed by atoms with Crippen molar-refractivity contribution in [2.45, 2.75) is 5.75 Å². The Morgan fingerprint density at radius 1 is 1.33 bits per heavy atom. The molecule has 0 fully saturated rings. The number of anilines is 1. The number of hydrogen-bond donors (Lipinski definition) is 2. The first kappa shape index (κ1) is 12.6. The Kier molecular flexibility index (Phi) is 3.63. The summed E-state index contributed by atoms with van der Waals surface area (Å²) in [5.74, 6) is -0.367. The van der Waals surface area contributed by atoms with Crippen LogP contribution in [0.3, 0.4) is 0 Å². The second kappa shape index (κ2) is 5.19. The average Bonchev–Trinajstić information content (AvgIpc) is 2.30. The molecule has 1 aromatic carbocycles. The van der Waals surface area contributed by atoms with E-state index < -0.39 is 16.9 Å². The van der Waals surface area contributed by atoms with E-state index in [9.17, 15) is 8.60 Å². The molecule has 1 unspecified atom stereocenters. The minimum absolute atomic E-state index is 0.107. The van der Waals surface area contributed by atoms with Gasteiger partial charge in [-0.05, 0) is 17.7 Å². The molecule has 1 aromatic heterocycles. The van der Waals surface area contributed by atoms with Gasteiger partial charge in [-0.2, -0.15) is 0 Å². The van der Waals surface area contributed by atoms with Gasteiger partial charge in [-0.25, -0.2) is 13.6 Å². The number of nitrogen functional groups attached to an aromatic ring is 1. The van der Waals surface area contributed by atoms with Crippen LogP contribution in [0.1, 0.15) is 5.56 Å². The van der Waals surface area contributed by atoms with E-state index in [-0.39, 0.29) is 17.1 Å². The highest BCUT2D eigenvalue weighted by atomic mass is 32.2. The Balaban J connectivity index is 2.35. The molecule has 0 amide bonds. The van der Waals surface area contributed by atoms with Crippen molar-refractivity contribution < 1.29 is 13.2 Å². The van der Waals surface area contributed by atoms with Gasteiger partial charge in [-0.1, -0.05) is 6.07 Å². The lowest BCUT2D eigenvalue weighted by atomic mass is 10.1. The van der Waals surface area contributed by atoms with Crippen LogP contribution < -0.4 is 5.73 Å². The zero-order valence-electron chi connectivity index (χ0n) is 9.21. The van der Waals surface area contributed by atoms with Gasteiger partial charge in [0.05, 0.1) is 23.8 Å². The predicted molar refractivity (Wildman–Crippen MR) is 66.3 cm³/mol. The van der Waals surface area contributed by atoms with E-state index in [1.54, 1.807) is 6.07 Å². The molecule has 18 heavy (non-hydrogen) atoms. The molecule has 0 saturated heterocycles. The standard InChI is InChI=1S/C11H10FN3O2S/c12-9-3-7(6-18(16)17)1-2-8(9)10-4-15-11(13)5-14-10/h1-5H,6H2,(H2,13,15)(H,16,17). The lowest BCUT2D eigenvalue weighted by Gasteiger charge is -2.04. The van der Waals surface area contributed by atoms with Crippen LogP contribution >= 0.6 is 0 Å². The number of aromatic nitrogens is 2. The molecule has 1 atom stereocenters. The minimum Gasteiger partial charge on any atom is -0.382 e. The van der Waals surface area contributed by atoms with Crippen LogP contribution in [-0.4, -0.2) is 18.7 Å². The van der Waals surface area contributed by atoms with Crippen molar-refractivity contribution in [1.29, 1.82) is 0 Å². The van der Waals surface area contributed by atoms with Gasteiger partial charge in [0.1, 0.15) is 11.6 Å². The van der Waals surface area contributed by atoms with Crippen molar-refractivity contribution in [3.8, 4) is 11.3 Å². The molecule has 0 aliphatic rings. The van der Waals surface area contributed by atoms with E-state index in [0.717, 1.165) is 0 Å². The van der Waals surface area contributed by atoms with Gasteiger partial charge in [0.25, 0.3) is 0 Å². The van der Waals surface area contributed by atoms with Crippen LogP contribution in [0.15, 0.2) is 30.6 Å². The first-order valence-corrected chi connectivity index (χ1v) is 6.27. The summed E-state index contributed by atoms with van der Waals surface area (Å²) in [7, 11) is 0. The van der Waals surface area contributed by atoms with Crippen LogP contribution in [0.2, 0.25) is 0 Å². The van der Waals surface area contributed by atoms with Crippen molar-refractivity contribution in [2.75, 3.05) is 5.73 Å². The van der Waals surface area contributed by atoms with Crippen LogP contribution in [0.25, 0.3) is 11.3 Å². The highest BCUT2D eigenvalue weighted by Crippen LogP contribution is 2.21. The third-order valence-corrected chi connectivity index (χ3v) is 2.85. The number of hydrogen-bond acceptors (Lipinski definition) is 4. The molecule has 0 radical (unpaired) electrons. The molecule has 1 heterocycles. The highest BCUT2D eigenvalue weighted by molar-refractivity contribution is 7.78. The fourth-order valence-electron chi connectivity index (χ4n) is 1.48. The first-order chi connectivity index (χ1) is 8.56. The lowest BCUT2D eigenvalue weighted by Crippen LogP contribution is -1.97. The molecule has 0 aliphatic carbocycles. The van der Waals surface area contributed by atoms with Crippen molar-refractivity contribution >= 4 is 16.9 Å². The van der Waals surface area contributed by atoms with E-state index in [1.165, 1.54) is 24.5 Å². The summed E-state index contributed by atoms with van der Waals surface area (Å²) < 4.78 is 33.2. The van der Waals surface area contributed by atoms with E-state index in [1.807, 2.05) is 0 Å². The Morgan fingerprint density at radius 3 is 2.67 bits per heavy atom. The third kappa shape index (κ3) is 2.88. The maximum absolute atomic E-state index is 13.8. The highest BCUT2D eigenvalue weighted by Gasteiger charge is 2.09. The summed E-state index contributed by atoms with van der Waals surface area (Å²) in [6.07, 6.45) is 2.71. The Morgan fingerprint density at radius 2 is 2.11 bits per heavy atom. The molecule has 0 saturated carbocycles. The Hall–Kier alpha value is -1.86. The number of halogens is 1. The molecule has 0 spiro atoms. The fourth-order valence-corrected chi connectivity index (χ4v) is 1.94. The van der Waals surface area contributed by atoms with Gasteiger partial charge in [-0.15, -0.1) is 0 Å². The molecule has 2 aromatic rings. The number of rotatable bonds is 3. The van der Waals surface area contributed by atoms with Gasteiger partial charge >= 0.3 is 0 Å². The zero-order chi connectivity index (χ0) is 13.1. The largest absolute Gasteiger partial charge is 0.382 e. The van der Waals surface area contributed by atoms with Crippen molar-refractivity contribution in [3.05, 3.63) is 42.0 Å². The summed E-state index contributed by atoms with van der Waals surface area (Å²) in [5, 5.41) is 0. The third-order valence-electron chi connectivity index (χ3n) is 2.27. The zero-order valence-corrected chi connectivity index (χ0v) is 10.0. The summed E-state index contributed by atoms with van der Waals surface area (Å²) in [4.78, 5) is 7.79. The molecule has 7 heteroatoms. The van der Waals surface area contributed by atoms with Gasteiger partial charge in [0.2, 0.25) is 0 Å². The first-order valence-electron chi connectivity index (χ1n) is 5.00. The summed E-state index contributed by atoms with van der Waals surface area (Å²) >= 11 is -1.99. The molecule has 3 N–H and O–H groups in total. The van der Waals surface area contributed by atoms with Crippen molar-refractivity contribution in [2.24, 2.45) is 0 Å². The van der Waals surface area contributed by atoms with Gasteiger partial charge in [-0.3, -0.25) is 4.98 Å². The minimum atomic E-state index is -1.99. The lowest BCUT2D eigenvalue weighted by molar-refractivity contribution is 0.563. The molecule has 0 bridgehead atoms. The number of benzene rings is 1. The van der Waals surface area contributed by atoms with E-state index >= 15 is 0 Å². The summed E-state index contributed by atoms with van der Waals surface area (Å²) in [6, 6.07) is 4.28. The number of nitrogens with zero attached hydrogens (tertiary/aromatic N) is 2. The molecule has 5 nitrogen and oxygen atoms in total. The van der Waals surface area contributed by atoms with Gasteiger partial charge in [0.15, 0.2) is 11.1 Å². The topological polar surface area (TPSA) is 89.1 Å². The van der Waals surface area contributed by atoms with Gasteiger partial charge in [0, 0.05) is 5.56 Å². The van der Waals surface area contributed by atoms with E-state index in [2.05, 4.69) is 9.97 Å². The molecular formula is C11H10FN3O2S. The van der Waals surface area contributed by atoms with Crippen molar-refractivity contribution in [1.82, 2.24) is 9.97 Å². The monoisotopic (exact) mass is 267 g/mol. The average molecular weight is 267 g/mol. The molecular weight excluding hydrogens is 257 g/mol. The van der Waals surface area contributed by atoms with Gasteiger partial charge < -0.3 is 10.3 Å². The van der Waals surface area contributed by atoms with Crippen LogP contribution in [0.5, 0.6) is 0 Å². The predicted octanol–water partition coefficient (Wildman–Crippen LogP) is 1.59. The maximum atomic E-state index is 13.8. The smallest absolute Gasteiger partial charge is 0.157 e. The van der Waals surface area contributed by atoms with Crippen LogP contribution in [0, 0.1) is 5.82 Å². The molecule has 0 aliphatic heterocycles. The van der Waals surface area contributed by atoms with E-state index in [0.29, 0.717) is 11.3 Å². The normalized spacial score (nSPS) is 12.3. The summed E-state index contributed by atoms with van der Waals surface area (Å²) in [6.45, 7) is 0. The fraction of sp³-hybridized carbons (Fsp3) is 0.0909. The quantitative estimate of drug-likeness (QED) is 0.824. The second-order valence-electron chi connectivity index (χ2n) is 3.61. The molecule has 94 valence electrons. The molecule has 2 rings (SSSR count). The Labute approximate surface area is 105 Å².